The third-order valence-corrected chi connectivity index (χ3v) is 4.78. The molecule has 0 radical (unpaired) electrons. The van der Waals surface area contributed by atoms with E-state index in [1.54, 1.807) is 18.6 Å². The third kappa shape index (κ3) is 3.64. The fourth-order valence-electron chi connectivity index (χ4n) is 3.31. The largest absolute Gasteiger partial charge is 0.336 e. The summed E-state index contributed by atoms with van der Waals surface area (Å²) in [7, 11) is 0. The Kier molecular flexibility index (Phi) is 4.71. The Morgan fingerprint density at radius 2 is 2.14 bits per heavy atom. The van der Waals surface area contributed by atoms with Gasteiger partial charge in [-0.3, -0.25) is 14.7 Å². The van der Waals surface area contributed by atoms with Crippen LogP contribution in [0.4, 0.5) is 0 Å². The summed E-state index contributed by atoms with van der Waals surface area (Å²) < 4.78 is 0. The van der Waals surface area contributed by atoms with Gasteiger partial charge in [0.1, 0.15) is 5.69 Å². The quantitative estimate of drug-likeness (QED) is 0.854. The highest BCUT2D eigenvalue weighted by Gasteiger charge is 2.33. The highest BCUT2D eigenvalue weighted by Crippen LogP contribution is 2.31. The van der Waals surface area contributed by atoms with Crippen molar-refractivity contribution < 1.29 is 4.79 Å². The lowest BCUT2D eigenvalue weighted by atomic mass is 10.0. The fourth-order valence-corrected chi connectivity index (χ4v) is 3.31. The molecule has 0 N–H and O–H groups in total. The number of carbonyl (C=O) groups excluding carboxylic acids is 1. The van der Waals surface area contributed by atoms with Gasteiger partial charge in [-0.15, -0.1) is 0 Å². The summed E-state index contributed by atoms with van der Waals surface area (Å²) in [6, 6.07) is 0.448. The molecule has 0 bridgehead atoms. The summed E-state index contributed by atoms with van der Waals surface area (Å²) in [5.41, 5.74) is 0.459. The van der Waals surface area contributed by atoms with Gasteiger partial charge in [0.05, 0.1) is 6.20 Å². The number of amides is 1. The van der Waals surface area contributed by atoms with E-state index in [1.165, 1.54) is 19.4 Å². The van der Waals surface area contributed by atoms with Crippen molar-refractivity contribution in [3.05, 3.63) is 24.3 Å². The van der Waals surface area contributed by atoms with Gasteiger partial charge in [0.15, 0.2) is 0 Å². The zero-order valence-corrected chi connectivity index (χ0v) is 13.6. The monoisotopic (exact) mass is 302 g/mol. The molecule has 2 heterocycles. The molecule has 1 saturated heterocycles. The molecule has 1 amide bonds. The summed E-state index contributed by atoms with van der Waals surface area (Å²) in [5.74, 6) is 1.46. The van der Waals surface area contributed by atoms with Gasteiger partial charge in [-0.25, -0.2) is 4.98 Å². The normalized spacial score (nSPS) is 23.6. The predicted octanol–water partition coefficient (Wildman–Crippen LogP) is 2.06. The van der Waals surface area contributed by atoms with Crippen molar-refractivity contribution in [1.29, 1.82) is 0 Å². The van der Waals surface area contributed by atoms with Crippen molar-refractivity contribution >= 4 is 5.91 Å². The van der Waals surface area contributed by atoms with Gasteiger partial charge in [-0.05, 0) is 31.1 Å². The molecule has 1 aliphatic carbocycles. The Labute approximate surface area is 132 Å². The van der Waals surface area contributed by atoms with E-state index < -0.39 is 0 Å². The first-order valence-corrected chi connectivity index (χ1v) is 8.44. The van der Waals surface area contributed by atoms with E-state index in [-0.39, 0.29) is 5.91 Å². The summed E-state index contributed by atoms with van der Waals surface area (Å²) in [4.78, 5) is 25.4. The van der Waals surface area contributed by atoms with E-state index in [4.69, 9.17) is 0 Å². The predicted molar refractivity (Wildman–Crippen MR) is 85.5 cm³/mol. The van der Waals surface area contributed by atoms with E-state index >= 15 is 0 Å². The van der Waals surface area contributed by atoms with Gasteiger partial charge in [-0.1, -0.05) is 13.8 Å². The molecular weight excluding hydrogens is 276 g/mol. The smallest absolute Gasteiger partial charge is 0.274 e. The molecule has 2 aliphatic rings. The molecule has 1 aromatic rings. The van der Waals surface area contributed by atoms with Crippen molar-refractivity contribution in [1.82, 2.24) is 19.8 Å². The summed E-state index contributed by atoms with van der Waals surface area (Å²) in [6.07, 6.45) is 8.56. The number of hydrogen-bond acceptors (Lipinski definition) is 4. The minimum absolute atomic E-state index is 0.0204. The minimum atomic E-state index is 0.0204. The van der Waals surface area contributed by atoms with Crippen LogP contribution < -0.4 is 0 Å². The fraction of sp³-hybridized carbons (Fsp3) is 0.706. The first-order valence-electron chi connectivity index (χ1n) is 8.44. The van der Waals surface area contributed by atoms with Crippen LogP contribution in [0, 0.1) is 11.8 Å². The zero-order valence-electron chi connectivity index (χ0n) is 13.6. The summed E-state index contributed by atoms with van der Waals surface area (Å²) in [5, 5.41) is 0. The molecule has 2 fully saturated rings. The first-order chi connectivity index (χ1) is 10.6. The SMILES string of the molecule is CC(C)[C@@H]1CN(C(=O)c2cnccn2)CCCN1CC1CC1. The number of hydrogen-bond donors (Lipinski definition) is 0. The average molecular weight is 302 g/mol. The van der Waals surface area contributed by atoms with Crippen molar-refractivity contribution in [3.8, 4) is 0 Å². The summed E-state index contributed by atoms with van der Waals surface area (Å²) >= 11 is 0. The maximum Gasteiger partial charge on any atom is 0.274 e. The highest BCUT2D eigenvalue weighted by atomic mass is 16.2. The van der Waals surface area contributed by atoms with Gasteiger partial charge < -0.3 is 4.90 Å². The van der Waals surface area contributed by atoms with Crippen molar-refractivity contribution in [2.75, 3.05) is 26.2 Å². The maximum atomic E-state index is 12.7. The van der Waals surface area contributed by atoms with Gasteiger partial charge >= 0.3 is 0 Å². The number of carbonyl (C=O) groups is 1. The third-order valence-electron chi connectivity index (χ3n) is 4.78. The molecule has 1 atom stereocenters. The van der Waals surface area contributed by atoms with E-state index in [9.17, 15) is 4.79 Å². The van der Waals surface area contributed by atoms with Crippen LogP contribution in [-0.2, 0) is 0 Å². The second kappa shape index (κ2) is 6.73. The number of aromatic nitrogens is 2. The van der Waals surface area contributed by atoms with Crippen molar-refractivity contribution in [2.24, 2.45) is 11.8 Å². The van der Waals surface area contributed by atoms with Crippen LogP contribution in [0.25, 0.3) is 0 Å². The molecule has 1 aromatic heterocycles. The van der Waals surface area contributed by atoms with E-state index in [0.717, 1.165) is 32.0 Å². The van der Waals surface area contributed by atoms with E-state index in [1.807, 2.05) is 4.90 Å². The Bertz CT molecular complexity index is 501. The molecule has 3 rings (SSSR count). The molecular formula is C17H26N4O. The molecule has 0 aromatic carbocycles. The number of nitrogens with zero attached hydrogens (tertiary/aromatic N) is 4. The topological polar surface area (TPSA) is 49.3 Å². The molecule has 1 saturated carbocycles. The Morgan fingerprint density at radius 1 is 1.32 bits per heavy atom. The van der Waals surface area contributed by atoms with Crippen LogP contribution in [0.15, 0.2) is 18.6 Å². The average Bonchev–Trinajstić information content (AvgIpc) is 3.35. The van der Waals surface area contributed by atoms with Crippen LogP contribution in [0.3, 0.4) is 0 Å². The standard InChI is InChI=1S/C17H26N4O/c1-13(2)16-12-21(17(22)15-10-18-6-7-19-15)9-3-8-20(16)11-14-4-5-14/h6-7,10,13-14,16H,3-5,8-9,11-12H2,1-2H3/t16-/m0/s1. The molecule has 1 aliphatic heterocycles. The zero-order chi connectivity index (χ0) is 15.5. The molecule has 5 nitrogen and oxygen atoms in total. The lowest BCUT2D eigenvalue weighted by Gasteiger charge is -2.34. The summed E-state index contributed by atoms with van der Waals surface area (Å²) in [6.45, 7) is 8.46. The van der Waals surface area contributed by atoms with Crippen LogP contribution in [0.5, 0.6) is 0 Å². The maximum absolute atomic E-state index is 12.7. The Hall–Kier alpha value is -1.49. The van der Waals surface area contributed by atoms with Crippen molar-refractivity contribution in [2.45, 2.75) is 39.2 Å². The van der Waals surface area contributed by atoms with Gasteiger partial charge in [-0.2, -0.15) is 0 Å². The molecule has 22 heavy (non-hydrogen) atoms. The van der Waals surface area contributed by atoms with E-state index in [2.05, 4.69) is 28.7 Å². The minimum Gasteiger partial charge on any atom is -0.336 e. The van der Waals surface area contributed by atoms with Crippen molar-refractivity contribution in [3.63, 3.8) is 0 Å². The van der Waals surface area contributed by atoms with Gasteiger partial charge in [0.2, 0.25) is 0 Å². The van der Waals surface area contributed by atoms with Crippen LogP contribution in [0.2, 0.25) is 0 Å². The van der Waals surface area contributed by atoms with Gasteiger partial charge in [0, 0.05) is 44.6 Å². The molecule has 0 spiro atoms. The lowest BCUT2D eigenvalue weighted by molar-refractivity contribution is 0.0698. The highest BCUT2D eigenvalue weighted by molar-refractivity contribution is 5.92. The van der Waals surface area contributed by atoms with Crippen LogP contribution >= 0.6 is 0 Å². The lowest BCUT2D eigenvalue weighted by Crippen LogP contribution is -2.46. The Morgan fingerprint density at radius 3 is 2.77 bits per heavy atom. The Balaban J connectivity index is 1.72. The first kappa shape index (κ1) is 15.4. The second-order valence-corrected chi connectivity index (χ2v) is 6.95. The molecule has 0 unspecified atom stereocenters. The molecule has 5 heteroatoms. The molecule has 120 valence electrons. The van der Waals surface area contributed by atoms with E-state index in [0.29, 0.717) is 17.7 Å². The van der Waals surface area contributed by atoms with Crippen LogP contribution in [0.1, 0.15) is 43.6 Å². The second-order valence-electron chi connectivity index (χ2n) is 6.95. The number of rotatable bonds is 4. The van der Waals surface area contributed by atoms with Crippen LogP contribution in [-0.4, -0.2) is 57.9 Å². The van der Waals surface area contributed by atoms with Gasteiger partial charge in [0.25, 0.3) is 5.91 Å².